The second-order valence-corrected chi connectivity index (χ2v) is 6.74. The molecular weight excluding hydrogens is 260 g/mol. The molecule has 1 aromatic heterocycles. The molecule has 1 heterocycles. The third-order valence-electron chi connectivity index (χ3n) is 4.76. The van der Waals surface area contributed by atoms with Crippen LogP contribution in [0.15, 0.2) is 0 Å². The van der Waals surface area contributed by atoms with Gasteiger partial charge in [0.15, 0.2) is 0 Å². The summed E-state index contributed by atoms with van der Waals surface area (Å²) < 4.78 is 0. The van der Waals surface area contributed by atoms with Crippen LogP contribution in [-0.2, 0) is 0 Å². The molecule has 2 N–H and O–H groups in total. The number of hydrogen-bond donors (Lipinski definition) is 2. The molecule has 0 aliphatic heterocycles. The Morgan fingerprint density at radius 1 is 1.00 bits per heavy atom. The highest BCUT2D eigenvalue weighted by atomic mass is 15.1. The summed E-state index contributed by atoms with van der Waals surface area (Å²) in [7, 11) is 0. The Balaban J connectivity index is 1.67. The molecule has 2 fully saturated rings. The number of rotatable bonds is 8. The van der Waals surface area contributed by atoms with Gasteiger partial charge < -0.3 is 10.6 Å². The van der Waals surface area contributed by atoms with Gasteiger partial charge in [-0.05, 0) is 63.7 Å². The second kappa shape index (κ2) is 6.20. The molecule has 0 bridgehead atoms. The van der Waals surface area contributed by atoms with Gasteiger partial charge in [0.25, 0.3) is 0 Å². The lowest BCUT2D eigenvalue weighted by Gasteiger charge is -2.19. The van der Waals surface area contributed by atoms with Gasteiger partial charge in [-0.1, -0.05) is 6.92 Å². The number of aryl methyl sites for hydroxylation is 1. The molecule has 0 atom stereocenters. The Hall–Kier alpha value is -1.32. The lowest BCUT2D eigenvalue weighted by atomic mass is 9.98. The third-order valence-corrected chi connectivity index (χ3v) is 4.76. The molecule has 0 amide bonds. The molecule has 116 valence electrons. The monoisotopic (exact) mass is 288 g/mol. The number of aromatic nitrogens is 2. The highest BCUT2D eigenvalue weighted by molar-refractivity contribution is 5.57. The van der Waals surface area contributed by atoms with Crippen molar-refractivity contribution in [2.75, 3.05) is 23.7 Å². The van der Waals surface area contributed by atoms with E-state index in [4.69, 9.17) is 0 Å². The first kappa shape index (κ1) is 14.6. The average molecular weight is 288 g/mol. The van der Waals surface area contributed by atoms with Crippen molar-refractivity contribution >= 4 is 11.6 Å². The summed E-state index contributed by atoms with van der Waals surface area (Å²) in [5.41, 5.74) is 1.15. The SMILES string of the molecule is CCCNc1nc(C)nc(NCC(C2CC2)C2CC2)c1C. The van der Waals surface area contributed by atoms with Gasteiger partial charge in [-0.3, -0.25) is 0 Å². The van der Waals surface area contributed by atoms with Crippen molar-refractivity contribution in [2.45, 2.75) is 52.9 Å². The highest BCUT2D eigenvalue weighted by Gasteiger charge is 2.41. The zero-order valence-corrected chi connectivity index (χ0v) is 13.6. The van der Waals surface area contributed by atoms with E-state index in [9.17, 15) is 0 Å². The number of hydrogen-bond acceptors (Lipinski definition) is 4. The van der Waals surface area contributed by atoms with Crippen LogP contribution in [0.2, 0.25) is 0 Å². The van der Waals surface area contributed by atoms with Crippen molar-refractivity contribution < 1.29 is 0 Å². The molecule has 3 rings (SSSR count). The van der Waals surface area contributed by atoms with Gasteiger partial charge in [0.05, 0.1) is 0 Å². The van der Waals surface area contributed by atoms with Crippen LogP contribution in [0.1, 0.15) is 50.4 Å². The normalized spacial score (nSPS) is 18.1. The number of nitrogens with one attached hydrogen (secondary N) is 2. The second-order valence-electron chi connectivity index (χ2n) is 6.74. The molecule has 2 aliphatic carbocycles. The number of anilines is 2. The maximum atomic E-state index is 4.61. The minimum atomic E-state index is 0.844. The van der Waals surface area contributed by atoms with Crippen molar-refractivity contribution in [1.29, 1.82) is 0 Å². The topological polar surface area (TPSA) is 49.8 Å². The van der Waals surface area contributed by atoms with Crippen molar-refractivity contribution in [3.05, 3.63) is 11.4 Å². The molecule has 0 aromatic carbocycles. The molecule has 4 nitrogen and oxygen atoms in total. The Labute approximate surface area is 128 Å². The minimum Gasteiger partial charge on any atom is -0.370 e. The van der Waals surface area contributed by atoms with Gasteiger partial charge in [-0.25, -0.2) is 9.97 Å². The molecule has 2 aliphatic rings. The quantitative estimate of drug-likeness (QED) is 0.764. The van der Waals surface area contributed by atoms with Gasteiger partial charge in [0.1, 0.15) is 17.5 Å². The van der Waals surface area contributed by atoms with Crippen molar-refractivity contribution in [2.24, 2.45) is 17.8 Å². The zero-order valence-electron chi connectivity index (χ0n) is 13.6. The van der Waals surface area contributed by atoms with Gasteiger partial charge >= 0.3 is 0 Å². The fraction of sp³-hybridized carbons (Fsp3) is 0.765. The van der Waals surface area contributed by atoms with Gasteiger partial charge in [0.2, 0.25) is 0 Å². The molecule has 0 saturated heterocycles. The number of nitrogens with zero attached hydrogens (tertiary/aromatic N) is 2. The van der Waals surface area contributed by atoms with E-state index in [0.29, 0.717) is 0 Å². The molecule has 2 saturated carbocycles. The molecule has 1 aromatic rings. The van der Waals surface area contributed by atoms with Gasteiger partial charge in [-0.15, -0.1) is 0 Å². The largest absolute Gasteiger partial charge is 0.370 e. The molecule has 0 unspecified atom stereocenters. The summed E-state index contributed by atoms with van der Waals surface area (Å²) in [6.07, 6.45) is 6.86. The standard InChI is InChI=1S/C17H28N4/c1-4-9-18-16-11(2)17(21-12(3)20-16)19-10-15(13-5-6-13)14-7-8-14/h13-15H,4-10H2,1-3H3,(H2,18,19,20,21). The fourth-order valence-corrected chi connectivity index (χ4v) is 3.20. The smallest absolute Gasteiger partial charge is 0.134 e. The fourth-order valence-electron chi connectivity index (χ4n) is 3.20. The zero-order chi connectivity index (χ0) is 14.8. The third kappa shape index (κ3) is 3.66. The van der Waals surface area contributed by atoms with Gasteiger partial charge in [-0.2, -0.15) is 0 Å². The molecular formula is C17H28N4. The molecule has 0 spiro atoms. The van der Waals surface area contributed by atoms with Crippen LogP contribution >= 0.6 is 0 Å². The average Bonchev–Trinajstić information content (AvgIpc) is 3.34. The maximum Gasteiger partial charge on any atom is 0.134 e. The predicted octanol–water partition coefficient (Wildman–Crippen LogP) is 3.76. The Morgan fingerprint density at radius 2 is 1.57 bits per heavy atom. The summed E-state index contributed by atoms with van der Waals surface area (Å²) in [6, 6.07) is 0. The Kier molecular flexibility index (Phi) is 4.32. The van der Waals surface area contributed by atoms with E-state index in [1.165, 1.54) is 25.7 Å². The van der Waals surface area contributed by atoms with E-state index in [2.05, 4.69) is 34.4 Å². The van der Waals surface area contributed by atoms with Crippen LogP contribution in [0.3, 0.4) is 0 Å². The van der Waals surface area contributed by atoms with Crippen LogP contribution in [-0.4, -0.2) is 23.1 Å². The van der Waals surface area contributed by atoms with E-state index in [1.807, 2.05) is 6.92 Å². The summed E-state index contributed by atoms with van der Waals surface area (Å²) >= 11 is 0. The van der Waals surface area contributed by atoms with E-state index in [0.717, 1.165) is 60.3 Å². The van der Waals surface area contributed by atoms with Crippen LogP contribution in [0, 0.1) is 31.6 Å². The minimum absolute atomic E-state index is 0.844. The Bertz CT molecular complexity index is 480. The first-order chi connectivity index (χ1) is 10.2. The van der Waals surface area contributed by atoms with E-state index in [1.54, 1.807) is 0 Å². The first-order valence-corrected chi connectivity index (χ1v) is 8.52. The van der Waals surface area contributed by atoms with Crippen LogP contribution < -0.4 is 10.6 Å². The van der Waals surface area contributed by atoms with Crippen molar-refractivity contribution in [1.82, 2.24) is 9.97 Å². The maximum absolute atomic E-state index is 4.61. The van der Waals surface area contributed by atoms with Crippen molar-refractivity contribution in [3.8, 4) is 0 Å². The first-order valence-electron chi connectivity index (χ1n) is 8.52. The van der Waals surface area contributed by atoms with E-state index in [-0.39, 0.29) is 0 Å². The highest BCUT2D eigenvalue weighted by Crippen LogP contribution is 2.49. The Morgan fingerprint density at radius 3 is 2.10 bits per heavy atom. The van der Waals surface area contributed by atoms with Crippen LogP contribution in [0.5, 0.6) is 0 Å². The predicted molar refractivity (Wildman–Crippen MR) is 87.7 cm³/mol. The van der Waals surface area contributed by atoms with Crippen LogP contribution in [0.25, 0.3) is 0 Å². The summed E-state index contributed by atoms with van der Waals surface area (Å²) in [5.74, 6) is 5.67. The molecule has 21 heavy (non-hydrogen) atoms. The van der Waals surface area contributed by atoms with E-state index < -0.39 is 0 Å². The summed E-state index contributed by atoms with van der Waals surface area (Å²) in [4.78, 5) is 9.14. The van der Waals surface area contributed by atoms with Crippen LogP contribution in [0.4, 0.5) is 11.6 Å². The van der Waals surface area contributed by atoms with Gasteiger partial charge in [0, 0.05) is 18.7 Å². The van der Waals surface area contributed by atoms with Crippen molar-refractivity contribution in [3.63, 3.8) is 0 Å². The lowest BCUT2D eigenvalue weighted by Crippen LogP contribution is -2.20. The van der Waals surface area contributed by atoms with E-state index >= 15 is 0 Å². The summed E-state index contributed by atoms with van der Waals surface area (Å²) in [6.45, 7) is 8.30. The molecule has 4 heteroatoms. The summed E-state index contributed by atoms with van der Waals surface area (Å²) in [5, 5.41) is 7.03. The molecule has 0 radical (unpaired) electrons. The lowest BCUT2D eigenvalue weighted by molar-refractivity contribution is 0.427.